The van der Waals surface area contributed by atoms with E-state index in [1.165, 1.54) is 19.0 Å². The molecular formula is C13H15N3O. The Balaban J connectivity index is 1.67. The van der Waals surface area contributed by atoms with Crippen LogP contribution in [0.3, 0.4) is 0 Å². The molecule has 0 atom stereocenters. The zero-order valence-electron chi connectivity index (χ0n) is 9.72. The lowest BCUT2D eigenvalue weighted by molar-refractivity contribution is 0.0737. The van der Waals surface area contributed by atoms with E-state index in [1.54, 1.807) is 23.5 Å². The number of rotatable bonds is 1. The van der Waals surface area contributed by atoms with Crippen LogP contribution in [0, 0.1) is 0 Å². The number of hydrogen-bond donors (Lipinski definition) is 0. The predicted octanol–water partition coefficient (Wildman–Crippen LogP) is 1.80. The van der Waals surface area contributed by atoms with Crippen LogP contribution < -0.4 is 0 Å². The van der Waals surface area contributed by atoms with Gasteiger partial charge >= 0.3 is 0 Å². The number of carbonyl (C=O) groups is 1. The third-order valence-electron chi connectivity index (χ3n) is 3.44. The first-order chi connectivity index (χ1) is 8.34. The fourth-order valence-corrected chi connectivity index (χ4v) is 2.32. The van der Waals surface area contributed by atoms with Gasteiger partial charge in [-0.15, -0.1) is 0 Å². The van der Waals surface area contributed by atoms with Gasteiger partial charge in [0.1, 0.15) is 5.69 Å². The zero-order chi connectivity index (χ0) is 11.7. The van der Waals surface area contributed by atoms with Crippen LogP contribution >= 0.6 is 0 Å². The summed E-state index contributed by atoms with van der Waals surface area (Å²) in [5.41, 5.74) is 3.68. The van der Waals surface area contributed by atoms with E-state index in [2.05, 4.69) is 9.97 Å². The SMILES string of the molecule is O=C(c1cnccn1)N1CCC(=C2CC2)CC1. The molecule has 0 bridgehead atoms. The van der Waals surface area contributed by atoms with Gasteiger partial charge in [0, 0.05) is 25.5 Å². The molecule has 1 amide bonds. The van der Waals surface area contributed by atoms with E-state index < -0.39 is 0 Å². The first-order valence-corrected chi connectivity index (χ1v) is 6.09. The summed E-state index contributed by atoms with van der Waals surface area (Å²) in [6.07, 6.45) is 9.35. The molecule has 2 heterocycles. The van der Waals surface area contributed by atoms with E-state index >= 15 is 0 Å². The Bertz CT molecular complexity index is 451. The Morgan fingerprint density at radius 2 is 1.76 bits per heavy atom. The molecule has 0 spiro atoms. The molecule has 1 aromatic heterocycles. The molecule has 1 aliphatic carbocycles. The highest BCUT2D eigenvalue weighted by molar-refractivity contribution is 5.92. The van der Waals surface area contributed by atoms with Crippen LogP contribution in [0.1, 0.15) is 36.2 Å². The average Bonchev–Trinajstić information content (AvgIpc) is 3.24. The molecule has 1 aliphatic heterocycles. The average molecular weight is 229 g/mol. The Hall–Kier alpha value is -1.71. The van der Waals surface area contributed by atoms with E-state index in [9.17, 15) is 4.79 Å². The maximum Gasteiger partial charge on any atom is 0.274 e. The highest BCUT2D eigenvalue weighted by Crippen LogP contribution is 2.36. The van der Waals surface area contributed by atoms with E-state index in [4.69, 9.17) is 0 Å². The van der Waals surface area contributed by atoms with E-state index in [-0.39, 0.29) is 5.91 Å². The Morgan fingerprint density at radius 1 is 1.06 bits per heavy atom. The lowest BCUT2D eigenvalue weighted by Gasteiger charge is -2.28. The molecule has 17 heavy (non-hydrogen) atoms. The minimum absolute atomic E-state index is 0.0120. The van der Waals surface area contributed by atoms with Gasteiger partial charge in [0.05, 0.1) is 6.20 Å². The number of amides is 1. The summed E-state index contributed by atoms with van der Waals surface area (Å²) in [4.78, 5) is 22.0. The quantitative estimate of drug-likeness (QED) is 0.690. The highest BCUT2D eigenvalue weighted by atomic mass is 16.2. The number of aromatic nitrogens is 2. The van der Waals surface area contributed by atoms with Crippen LogP contribution in [0.5, 0.6) is 0 Å². The van der Waals surface area contributed by atoms with Crippen molar-refractivity contribution in [1.29, 1.82) is 0 Å². The molecule has 88 valence electrons. The number of allylic oxidation sites excluding steroid dienone is 1. The molecule has 1 saturated carbocycles. The van der Waals surface area contributed by atoms with E-state index in [1.807, 2.05) is 4.90 Å². The van der Waals surface area contributed by atoms with Crippen molar-refractivity contribution in [2.45, 2.75) is 25.7 Å². The Kier molecular flexibility index (Phi) is 2.63. The van der Waals surface area contributed by atoms with Crippen LogP contribution in [0.2, 0.25) is 0 Å². The van der Waals surface area contributed by atoms with Crippen LogP contribution in [-0.2, 0) is 0 Å². The fourth-order valence-electron chi connectivity index (χ4n) is 2.32. The number of hydrogen-bond acceptors (Lipinski definition) is 3. The molecule has 0 unspecified atom stereocenters. The molecule has 0 N–H and O–H groups in total. The number of nitrogens with zero attached hydrogens (tertiary/aromatic N) is 3. The summed E-state index contributed by atoms with van der Waals surface area (Å²) in [7, 11) is 0. The topological polar surface area (TPSA) is 46.1 Å². The van der Waals surface area contributed by atoms with Gasteiger partial charge in [-0.2, -0.15) is 0 Å². The van der Waals surface area contributed by atoms with Crippen molar-refractivity contribution in [3.63, 3.8) is 0 Å². The summed E-state index contributed by atoms with van der Waals surface area (Å²) in [5, 5.41) is 0. The second-order valence-corrected chi connectivity index (χ2v) is 4.59. The van der Waals surface area contributed by atoms with Gasteiger partial charge in [0.15, 0.2) is 0 Å². The summed E-state index contributed by atoms with van der Waals surface area (Å²) >= 11 is 0. The summed E-state index contributed by atoms with van der Waals surface area (Å²) in [5.74, 6) is 0.0120. The number of piperidine rings is 1. The Labute approximate surface area is 100 Å². The van der Waals surface area contributed by atoms with Crippen molar-refractivity contribution in [3.05, 3.63) is 35.4 Å². The first kappa shape index (κ1) is 10.4. The maximum atomic E-state index is 12.1. The second-order valence-electron chi connectivity index (χ2n) is 4.59. The van der Waals surface area contributed by atoms with Gasteiger partial charge in [-0.25, -0.2) is 4.98 Å². The molecule has 2 aliphatic rings. The van der Waals surface area contributed by atoms with E-state index in [0.717, 1.165) is 25.9 Å². The summed E-state index contributed by atoms with van der Waals surface area (Å²) < 4.78 is 0. The van der Waals surface area contributed by atoms with E-state index in [0.29, 0.717) is 5.69 Å². The molecule has 1 saturated heterocycles. The normalized spacial score (nSPS) is 19.4. The largest absolute Gasteiger partial charge is 0.337 e. The van der Waals surface area contributed by atoms with Gasteiger partial charge in [0.25, 0.3) is 5.91 Å². The lowest BCUT2D eigenvalue weighted by Crippen LogP contribution is -2.36. The van der Waals surface area contributed by atoms with Gasteiger partial charge in [-0.3, -0.25) is 9.78 Å². The molecule has 1 aromatic rings. The van der Waals surface area contributed by atoms with Crippen LogP contribution in [0.4, 0.5) is 0 Å². The van der Waals surface area contributed by atoms with Gasteiger partial charge in [0.2, 0.25) is 0 Å². The molecule has 0 aromatic carbocycles. The zero-order valence-corrected chi connectivity index (χ0v) is 9.72. The molecule has 4 heteroatoms. The maximum absolute atomic E-state index is 12.1. The molecule has 4 nitrogen and oxygen atoms in total. The minimum atomic E-state index is 0.0120. The number of likely N-dealkylation sites (tertiary alicyclic amines) is 1. The minimum Gasteiger partial charge on any atom is -0.337 e. The van der Waals surface area contributed by atoms with Crippen molar-refractivity contribution in [2.75, 3.05) is 13.1 Å². The lowest BCUT2D eigenvalue weighted by atomic mass is 10.0. The smallest absolute Gasteiger partial charge is 0.274 e. The standard InChI is InChI=1S/C13H15N3O/c17-13(12-9-14-5-6-15-12)16-7-3-11(4-8-16)10-1-2-10/h5-6,9H,1-4,7-8H2. The van der Waals surface area contributed by atoms with Gasteiger partial charge < -0.3 is 4.90 Å². The highest BCUT2D eigenvalue weighted by Gasteiger charge is 2.25. The van der Waals surface area contributed by atoms with Crippen LogP contribution in [0.15, 0.2) is 29.7 Å². The van der Waals surface area contributed by atoms with Gasteiger partial charge in [-0.05, 0) is 25.7 Å². The fraction of sp³-hybridized carbons (Fsp3) is 0.462. The predicted molar refractivity (Wildman–Crippen MR) is 63.4 cm³/mol. The molecule has 3 rings (SSSR count). The van der Waals surface area contributed by atoms with Crippen molar-refractivity contribution in [3.8, 4) is 0 Å². The Morgan fingerprint density at radius 3 is 2.35 bits per heavy atom. The monoisotopic (exact) mass is 229 g/mol. The molecular weight excluding hydrogens is 214 g/mol. The van der Waals surface area contributed by atoms with Gasteiger partial charge in [-0.1, -0.05) is 11.1 Å². The third kappa shape index (κ3) is 2.20. The number of carbonyl (C=O) groups excluding carboxylic acids is 1. The second kappa shape index (κ2) is 4.28. The van der Waals surface area contributed by atoms with Crippen molar-refractivity contribution >= 4 is 5.91 Å². The van der Waals surface area contributed by atoms with Crippen molar-refractivity contribution < 1.29 is 4.79 Å². The summed E-state index contributed by atoms with van der Waals surface area (Å²) in [6.45, 7) is 1.66. The summed E-state index contributed by atoms with van der Waals surface area (Å²) in [6, 6.07) is 0. The van der Waals surface area contributed by atoms with Crippen LogP contribution in [0.25, 0.3) is 0 Å². The van der Waals surface area contributed by atoms with Crippen molar-refractivity contribution in [2.24, 2.45) is 0 Å². The molecule has 2 fully saturated rings. The third-order valence-corrected chi connectivity index (χ3v) is 3.44. The van der Waals surface area contributed by atoms with Crippen molar-refractivity contribution in [1.82, 2.24) is 14.9 Å². The molecule has 0 radical (unpaired) electrons. The first-order valence-electron chi connectivity index (χ1n) is 6.09. The van der Waals surface area contributed by atoms with Crippen LogP contribution in [-0.4, -0.2) is 33.9 Å².